The Morgan fingerprint density at radius 1 is 1.12 bits per heavy atom. The van der Waals surface area contributed by atoms with Crippen LogP contribution in [0.25, 0.3) is 23.1 Å². The molecule has 0 aliphatic rings. The van der Waals surface area contributed by atoms with Gasteiger partial charge in [-0.15, -0.1) is 0 Å². The molecule has 0 amide bonds. The molecule has 1 aromatic heterocycles. The van der Waals surface area contributed by atoms with Crippen molar-refractivity contribution in [3.8, 4) is 11.5 Å². The molecule has 0 unspecified atom stereocenters. The predicted octanol–water partition coefficient (Wildman–Crippen LogP) is 4.00. The van der Waals surface area contributed by atoms with E-state index >= 15 is 0 Å². The normalized spacial score (nSPS) is 11.5. The molecule has 0 aliphatic carbocycles. The van der Waals surface area contributed by atoms with Crippen molar-refractivity contribution in [1.29, 1.82) is 0 Å². The van der Waals surface area contributed by atoms with Crippen LogP contribution in [0, 0.1) is 10.1 Å². The Morgan fingerprint density at radius 2 is 1.94 bits per heavy atom. The van der Waals surface area contributed by atoms with Crippen molar-refractivity contribution in [1.82, 2.24) is 15.1 Å². The lowest BCUT2D eigenvalue weighted by molar-refractivity contribution is -0.385. The van der Waals surface area contributed by atoms with Gasteiger partial charge >= 0.3 is 0 Å². The maximum Gasteiger partial charge on any atom is 0.280 e. The first-order chi connectivity index (χ1) is 15.5. The van der Waals surface area contributed by atoms with Crippen LogP contribution in [0.15, 0.2) is 36.4 Å². The van der Waals surface area contributed by atoms with Crippen LogP contribution in [0.5, 0.6) is 11.5 Å². The van der Waals surface area contributed by atoms with E-state index in [1.165, 1.54) is 13.2 Å². The summed E-state index contributed by atoms with van der Waals surface area (Å²) in [6.07, 6.45) is 4.18. The average molecular weight is 441 g/mol. The van der Waals surface area contributed by atoms with E-state index in [0.29, 0.717) is 36.0 Å². The number of aromatic amines is 1. The lowest BCUT2D eigenvalue weighted by atomic mass is 10.1. The molecule has 9 heteroatoms. The zero-order valence-electron chi connectivity index (χ0n) is 18.5. The van der Waals surface area contributed by atoms with E-state index < -0.39 is 4.92 Å². The van der Waals surface area contributed by atoms with Crippen LogP contribution in [0.3, 0.4) is 0 Å². The van der Waals surface area contributed by atoms with Crippen LogP contribution in [0.4, 0.5) is 5.69 Å². The number of aromatic nitrogens is 2. The van der Waals surface area contributed by atoms with Crippen molar-refractivity contribution in [3.63, 3.8) is 0 Å². The molecule has 0 saturated carbocycles. The number of nitro groups is 1. The standard InChI is InChI=1S/C23H28N4O5/c1-26(12-14-30-2)11-6-13-32-23-16-21(27(28)29)17(15-22(23)31-3)9-10-20-18-7-4-5-8-19(18)24-25-20/h4-5,7-10,15-16H,6,11-14H2,1-3H3,(H,24,25). The van der Waals surface area contributed by atoms with Crippen LogP contribution >= 0.6 is 0 Å². The lowest BCUT2D eigenvalue weighted by Crippen LogP contribution is -2.25. The maximum atomic E-state index is 11.7. The first kappa shape index (κ1) is 23.2. The zero-order valence-corrected chi connectivity index (χ0v) is 18.5. The summed E-state index contributed by atoms with van der Waals surface area (Å²) in [5, 5.41) is 19.9. The van der Waals surface area contributed by atoms with Crippen molar-refractivity contribution in [3.05, 3.63) is 57.8 Å². The molecular formula is C23H28N4O5. The third-order valence-electron chi connectivity index (χ3n) is 5.05. The highest BCUT2D eigenvalue weighted by molar-refractivity contribution is 5.90. The van der Waals surface area contributed by atoms with Gasteiger partial charge in [-0.3, -0.25) is 15.2 Å². The molecular weight excluding hydrogens is 412 g/mol. The van der Waals surface area contributed by atoms with Crippen LogP contribution in [-0.2, 0) is 4.74 Å². The Labute approximate surface area is 186 Å². The van der Waals surface area contributed by atoms with E-state index in [2.05, 4.69) is 15.1 Å². The van der Waals surface area contributed by atoms with Gasteiger partial charge in [0.15, 0.2) is 11.5 Å². The maximum absolute atomic E-state index is 11.7. The number of benzene rings is 2. The number of fused-ring (bicyclic) bond motifs is 1. The Morgan fingerprint density at radius 3 is 2.69 bits per heavy atom. The average Bonchev–Trinajstić information content (AvgIpc) is 3.22. The van der Waals surface area contributed by atoms with Gasteiger partial charge in [-0.05, 0) is 37.8 Å². The zero-order chi connectivity index (χ0) is 22.9. The summed E-state index contributed by atoms with van der Waals surface area (Å²) in [5.41, 5.74) is 1.95. The largest absolute Gasteiger partial charge is 0.493 e. The van der Waals surface area contributed by atoms with Crippen molar-refractivity contribution in [2.24, 2.45) is 0 Å². The second-order valence-corrected chi connectivity index (χ2v) is 7.30. The van der Waals surface area contributed by atoms with Crippen molar-refractivity contribution in [2.45, 2.75) is 6.42 Å². The fraction of sp³-hybridized carbons (Fsp3) is 0.348. The van der Waals surface area contributed by atoms with E-state index in [4.69, 9.17) is 14.2 Å². The number of nitrogens with zero attached hydrogens (tertiary/aromatic N) is 3. The summed E-state index contributed by atoms with van der Waals surface area (Å²) in [6.45, 7) is 2.74. The Bertz CT molecular complexity index is 1080. The molecule has 0 radical (unpaired) electrons. The van der Waals surface area contributed by atoms with E-state index in [0.717, 1.165) is 30.4 Å². The Balaban J connectivity index is 1.75. The summed E-state index contributed by atoms with van der Waals surface area (Å²) >= 11 is 0. The molecule has 1 heterocycles. The van der Waals surface area contributed by atoms with Crippen molar-refractivity contribution in [2.75, 3.05) is 47.6 Å². The van der Waals surface area contributed by atoms with E-state index in [-0.39, 0.29) is 5.69 Å². The van der Waals surface area contributed by atoms with Crippen LogP contribution in [-0.4, -0.2) is 67.6 Å². The smallest absolute Gasteiger partial charge is 0.280 e. The summed E-state index contributed by atoms with van der Waals surface area (Å²) in [6, 6.07) is 10.7. The topological polar surface area (TPSA) is 103 Å². The fourth-order valence-corrected chi connectivity index (χ4v) is 3.28. The molecule has 0 aliphatic heterocycles. The summed E-state index contributed by atoms with van der Waals surface area (Å²) < 4.78 is 16.3. The molecule has 3 aromatic rings. The summed E-state index contributed by atoms with van der Waals surface area (Å²) in [4.78, 5) is 13.4. The molecule has 170 valence electrons. The molecule has 0 fully saturated rings. The molecule has 1 N–H and O–H groups in total. The van der Waals surface area contributed by atoms with Crippen LogP contribution in [0.2, 0.25) is 0 Å². The van der Waals surface area contributed by atoms with Crippen molar-refractivity contribution < 1.29 is 19.1 Å². The van der Waals surface area contributed by atoms with Gasteiger partial charge in [0, 0.05) is 25.6 Å². The molecule has 2 aromatic carbocycles. The predicted molar refractivity (Wildman–Crippen MR) is 124 cm³/mol. The molecule has 0 saturated heterocycles. The minimum absolute atomic E-state index is 0.0610. The molecule has 32 heavy (non-hydrogen) atoms. The van der Waals surface area contributed by atoms with E-state index in [1.54, 1.807) is 25.3 Å². The number of nitro benzene ring substituents is 1. The van der Waals surface area contributed by atoms with Gasteiger partial charge in [0.05, 0.1) is 48.1 Å². The van der Waals surface area contributed by atoms with Crippen LogP contribution < -0.4 is 9.47 Å². The number of rotatable bonds is 12. The quantitative estimate of drug-likeness (QED) is 0.258. The number of hydrogen-bond acceptors (Lipinski definition) is 7. The van der Waals surface area contributed by atoms with Crippen molar-refractivity contribution >= 4 is 28.7 Å². The number of hydrogen-bond donors (Lipinski definition) is 1. The highest BCUT2D eigenvalue weighted by Gasteiger charge is 2.18. The summed E-state index contributed by atoms with van der Waals surface area (Å²) in [5.74, 6) is 0.788. The SMILES string of the molecule is COCCN(C)CCCOc1cc([N+](=O)[O-])c(C=Cc2n[nH]c3ccccc23)cc1OC. The molecule has 0 atom stereocenters. The highest BCUT2D eigenvalue weighted by atomic mass is 16.6. The molecule has 0 bridgehead atoms. The monoisotopic (exact) mass is 440 g/mol. The van der Waals surface area contributed by atoms with Gasteiger partial charge in [0.25, 0.3) is 5.69 Å². The molecule has 9 nitrogen and oxygen atoms in total. The number of methoxy groups -OCH3 is 2. The number of ether oxygens (including phenoxy) is 3. The van der Waals surface area contributed by atoms with Crippen LogP contribution in [0.1, 0.15) is 17.7 Å². The number of likely N-dealkylation sites (N-methyl/N-ethyl adjacent to an activating group) is 1. The minimum Gasteiger partial charge on any atom is -0.493 e. The van der Waals surface area contributed by atoms with Gasteiger partial charge < -0.3 is 19.1 Å². The first-order valence-electron chi connectivity index (χ1n) is 10.3. The van der Waals surface area contributed by atoms with Gasteiger partial charge in [0.2, 0.25) is 0 Å². The fourth-order valence-electron chi connectivity index (χ4n) is 3.28. The first-order valence-corrected chi connectivity index (χ1v) is 10.3. The van der Waals surface area contributed by atoms with Gasteiger partial charge in [-0.2, -0.15) is 5.10 Å². The van der Waals surface area contributed by atoms with Gasteiger partial charge in [-0.25, -0.2) is 0 Å². The lowest BCUT2D eigenvalue weighted by Gasteiger charge is -2.16. The van der Waals surface area contributed by atoms with Gasteiger partial charge in [-0.1, -0.05) is 18.2 Å². The number of nitrogens with one attached hydrogen (secondary N) is 1. The number of para-hydroxylation sites is 1. The molecule has 0 spiro atoms. The highest BCUT2D eigenvalue weighted by Crippen LogP contribution is 2.36. The third-order valence-corrected chi connectivity index (χ3v) is 5.05. The number of H-pyrrole nitrogens is 1. The second-order valence-electron chi connectivity index (χ2n) is 7.30. The van der Waals surface area contributed by atoms with E-state index in [9.17, 15) is 10.1 Å². The summed E-state index contributed by atoms with van der Waals surface area (Å²) in [7, 11) is 5.20. The second kappa shape index (κ2) is 11.3. The molecule has 3 rings (SSSR count). The Hall–Kier alpha value is -3.43. The Kier molecular flexibility index (Phi) is 8.18. The third kappa shape index (κ3) is 5.83. The minimum atomic E-state index is -0.423. The van der Waals surface area contributed by atoms with Gasteiger partial charge in [0.1, 0.15) is 0 Å². The van der Waals surface area contributed by atoms with E-state index in [1.807, 2.05) is 31.3 Å².